The Balaban J connectivity index is 1.42. The van der Waals surface area contributed by atoms with Gasteiger partial charge in [-0.15, -0.1) is 0 Å². The maximum absolute atomic E-state index is 12.8. The lowest BCUT2D eigenvalue weighted by Gasteiger charge is -2.18. The summed E-state index contributed by atoms with van der Waals surface area (Å²) >= 11 is 5.87. The Labute approximate surface area is 196 Å². The number of hydrogen-bond acceptors (Lipinski definition) is 6. The zero-order valence-corrected chi connectivity index (χ0v) is 18.2. The van der Waals surface area contributed by atoms with Gasteiger partial charge in [0.2, 0.25) is 17.6 Å². The summed E-state index contributed by atoms with van der Waals surface area (Å²) in [5.74, 6) is -1.51. The number of amides is 2. The van der Waals surface area contributed by atoms with Gasteiger partial charge in [0.1, 0.15) is 6.04 Å². The van der Waals surface area contributed by atoms with Crippen molar-refractivity contribution in [2.75, 3.05) is 18.1 Å². The van der Waals surface area contributed by atoms with Crippen LogP contribution in [0.4, 0.5) is 18.9 Å². The minimum absolute atomic E-state index is 0.00128. The van der Waals surface area contributed by atoms with E-state index in [0.717, 1.165) is 12.1 Å². The minimum Gasteiger partial charge on any atom is -0.394 e. The second-order valence-corrected chi connectivity index (χ2v) is 8.09. The van der Waals surface area contributed by atoms with Gasteiger partial charge in [0, 0.05) is 29.2 Å². The first-order valence-electron chi connectivity index (χ1n) is 10.1. The fourth-order valence-corrected chi connectivity index (χ4v) is 3.66. The molecular formula is C22H18ClF3N4O4. The predicted molar refractivity (Wildman–Crippen MR) is 115 cm³/mol. The second kappa shape index (κ2) is 9.43. The van der Waals surface area contributed by atoms with Crippen molar-refractivity contribution in [1.82, 2.24) is 15.5 Å². The number of hydrogen-bond donors (Lipinski definition) is 2. The highest BCUT2D eigenvalue weighted by Gasteiger charge is 2.36. The normalized spacial score (nSPS) is 17.1. The molecular weight excluding hydrogens is 477 g/mol. The van der Waals surface area contributed by atoms with Crippen LogP contribution >= 0.6 is 11.6 Å². The van der Waals surface area contributed by atoms with Crippen molar-refractivity contribution in [3.8, 4) is 11.4 Å². The lowest BCUT2D eigenvalue weighted by atomic mass is 10.1. The lowest BCUT2D eigenvalue weighted by molar-refractivity contribution is -0.137. The molecule has 0 aliphatic carbocycles. The quantitative estimate of drug-likeness (QED) is 0.542. The Morgan fingerprint density at radius 2 is 1.88 bits per heavy atom. The molecule has 1 fully saturated rings. The Morgan fingerprint density at radius 1 is 1.21 bits per heavy atom. The van der Waals surface area contributed by atoms with E-state index < -0.39 is 36.2 Å². The number of nitrogens with zero attached hydrogens (tertiary/aromatic N) is 3. The van der Waals surface area contributed by atoms with Crippen molar-refractivity contribution in [3.63, 3.8) is 0 Å². The maximum Gasteiger partial charge on any atom is 0.416 e. The van der Waals surface area contributed by atoms with Crippen molar-refractivity contribution in [2.24, 2.45) is 5.92 Å². The number of carbonyl (C=O) groups is 2. The van der Waals surface area contributed by atoms with Crippen LogP contribution in [0.25, 0.3) is 11.4 Å². The Hall–Kier alpha value is -3.44. The fourth-order valence-electron chi connectivity index (χ4n) is 3.53. The van der Waals surface area contributed by atoms with Gasteiger partial charge in [-0.25, -0.2) is 0 Å². The fraction of sp³-hybridized carbons (Fsp3) is 0.273. The first-order chi connectivity index (χ1) is 16.2. The van der Waals surface area contributed by atoms with E-state index >= 15 is 0 Å². The molecule has 2 heterocycles. The van der Waals surface area contributed by atoms with Gasteiger partial charge in [-0.2, -0.15) is 18.2 Å². The molecule has 4 rings (SSSR count). The third kappa shape index (κ3) is 5.05. The molecule has 0 spiro atoms. The van der Waals surface area contributed by atoms with E-state index in [1.807, 2.05) is 0 Å². The van der Waals surface area contributed by atoms with Gasteiger partial charge in [0.05, 0.1) is 18.1 Å². The molecule has 1 saturated heterocycles. The van der Waals surface area contributed by atoms with Crippen LogP contribution in [-0.4, -0.2) is 40.2 Å². The molecule has 1 aromatic heterocycles. The van der Waals surface area contributed by atoms with Gasteiger partial charge in [-0.1, -0.05) is 28.9 Å². The van der Waals surface area contributed by atoms with Gasteiger partial charge >= 0.3 is 6.18 Å². The molecule has 2 N–H and O–H groups in total. The van der Waals surface area contributed by atoms with Gasteiger partial charge in [0.15, 0.2) is 0 Å². The number of benzene rings is 2. The lowest BCUT2D eigenvalue weighted by Crippen LogP contribution is -2.37. The van der Waals surface area contributed by atoms with Crippen molar-refractivity contribution in [3.05, 3.63) is 65.0 Å². The average molecular weight is 495 g/mol. The number of rotatable bonds is 6. The Morgan fingerprint density at radius 3 is 2.50 bits per heavy atom. The van der Waals surface area contributed by atoms with Crippen LogP contribution in [0.3, 0.4) is 0 Å². The van der Waals surface area contributed by atoms with E-state index in [1.54, 1.807) is 24.3 Å². The third-order valence-electron chi connectivity index (χ3n) is 5.34. The molecule has 34 heavy (non-hydrogen) atoms. The number of aliphatic hydroxyl groups excluding tert-OH is 1. The van der Waals surface area contributed by atoms with E-state index in [1.165, 1.54) is 17.0 Å². The van der Waals surface area contributed by atoms with Gasteiger partial charge in [0.25, 0.3) is 5.89 Å². The number of nitrogens with one attached hydrogen (secondary N) is 1. The van der Waals surface area contributed by atoms with Crippen LogP contribution in [-0.2, 0) is 15.8 Å². The number of carbonyl (C=O) groups excluding carboxylic acids is 2. The summed E-state index contributed by atoms with van der Waals surface area (Å²) in [6.07, 6.45) is -4.49. The highest BCUT2D eigenvalue weighted by atomic mass is 35.5. The Kier molecular flexibility index (Phi) is 6.58. The van der Waals surface area contributed by atoms with Crippen molar-refractivity contribution >= 4 is 29.1 Å². The van der Waals surface area contributed by atoms with E-state index in [9.17, 15) is 27.9 Å². The molecule has 3 aromatic rings. The van der Waals surface area contributed by atoms with Crippen LogP contribution in [0, 0.1) is 5.92 Å². The number of halogens is 4. The monoisotopic (exact) mass is 494 g/mol. The van der Waals surface area contributed by atoms with Crippen LogP contribution in [0.2, 0.25) is 5.02 Å². The molecule has 1 aliphatic rings. The summed E-state index contributed by atoms with van der Waals surface area (Å²) in [5.41, 5.74) is 0.0618. The van der Waals surface area contributed by atoms with Gasteiger partial charge < -0.3 is 19.8 Å². The topological polar surface area (TPSA) is 109 Å². The first kappa shape index (κ1) is 23.7. The van der Waals surface area contributed by atoms with Crippen molar-refractivity contribution in [1.29, 1.82) is 0 Å². The highest BCUT2D eigenvalue weighted by Crippen LogP contribution is 2.31. The molecule has 1 aliphatic heterocycles. The SMILES string of the molecule is O=C(NC(CO)c1nc(-c2ccc(C(F)(F)F)cc2)no1)C1CC(=O)N(c2ccc(Cl)cc2)C1. The zero-order chi connectivity index (χ0) is 24.5. The van der Waals surface area contributed by atoms with Gasteiger partial charge in [-0.3, -0.25) is 9.59 Å². The average Bonchev–Trinajstić information content (AvgIpc) is 3.45. The summed E-state index contributed by atoms with van der Waals surface area (Å²) in [7, 11) is 0. The summed E-state index contributed by atoms with van der Waals surface area (Å²) < 4.78 is 43.3. The minimum atomic E-state index is -4.47. The predicted octanol–water partition coefficient (Wildman–Crippen LogP) is 3.61. The van der Waals surface area contributed by atoms with E-state index in [0.29, 0.717) is 10.7 Å². The molecule has 2 aromatic carbocycles. The molecule has 8 nitrogen and oxygen atoms in total. The molecule has 2 unspecified atom stereocenters. The van der Waals surface area contributed by atoms with Gasteiger partial charge in [-0.05, 0) is 36.4 Å². The summed E-state index contributed by atoms with van der Waals surface area (Å²) in [5, 5.41) is 16.6. The number of aromatic nitrogens is 2. The molecule has 12 heteroatoms. The smallest absolute Gasteiger partial charge is 0.394 e. The Bertz CT molecular complexity index is 1180. The third-order valence-corrected chi connectivity index (χ3v) is 5.60. The number of aliphatic hydroxyl groups is 1. The van der Waals surface area contributed by atoms with Crippen molar-refractivity contribution in [2.45, 2.75) is 18.6 Å². The van der Waals surface area contributed by atoms with E-state index in [2.05, 4.69) is 15.5 Å². The second-order valence-electron chi connectivity index (χ2n) is 7.66. The van der Waals surface area contributed by atoms with Crippen LogP contribution < -0.4 is 10.2 Å². The molecule has 0 radical (unpaired) electrons. The van der Waals surface area contributed by atoms with Crippen LogP contribution in [0.5, 0.6) is 0 Å². The maximum atomic E-state index is 12.8. The standard InChI is InChI=1S/C22H18ClF3N4O4/c23-15-5-7-16(8-6-15)30-10-13(9-18(30)32)20(33)27-17(11-31)21-28-19(29-34-21)12-1-3-14(4-2-12)22(24,25)26/h1-8,13,17,31H,9-11H2,(H,27,33). The molecule has 178 valence electrons. The molecule has 2 amide bonds. The van der Waals surface area contributed by atoms with Crippen LogP contribution in [0.1, 0.15) is 23.9 Å². The van der Waals surface area contributed by atoms with E-state index in [4.69, 9.17) is 16.1 Å². The van der Waals surface area contributed by atoms with Crippen molar-refractivity contribution < 1.29 is 32.4 Å². The summed E-state index contributed by atoms with van der Waals surface area (Å²) in [6.45, 7) is -0.424. The summed E-state index contributed by atoms with van der Waals surface area (Å²) in [6, 6.07) is 9.75. The molecule has 0 saturated carbocycles. The molecule has 2 atom stereocenters. The number of anilines is 1. The van der Waals surface area contributed by atoms with Crippen LogP contribution in [0.15, 0.2) is 53.1 Å². The summed E-state index contributed by atoms with van der Waals surface area (Å²) in [4.78, 5) is 30.7. The molecule has 0 bridgehead atoms. The zero-order valence-electron chi connectivity index (χ0n) is 17.4. The first-order valence-corrected chi connectivity index (χ1v) is 10.5. The largest absolute Gasteiger partial charge is 0.416 e. The van der Waals surface area contributed by atoms with E-state index in [-0.39, 0.29) is 36.2 Å². The number of alkyl halides is 3. The highest BCUT2D eigenvalue weighted by molar-refractivity contribution is 6.30.